The summed E-state index contributed by atoms with van der Waals surface area (Å²) in [7, 11) is 0. The average Bonchev–Trinajstić information content (AvgIpc) is 2.98. The van der Waals surface area contributed by atoms with E-state index in [2.05, 4.69) is 34.9 Å². The second kappa shape index (κ2) is 14.5. The molecule has 0 amide bonds. The Bertz CT molecular complexity index is 1750. The first kappa shape index (κ1) is 32.7. The maximum Gasteiger partial charge on any atom is 0.347 e. The molecule has 232 valence electrons. The molecule has 9 nitrogen and oxygen atoms in total. The van der Waals surface area contributed by atoms with Gasteiger partial charge in [-0.1, -0.05) is 26.0 Å². The number of aryl methyl sites for hydroxylation is 1. The lowest BCUT2D eigenvalue weighted by Gasteiger charge is -2.18. The molecule has 1 atom stereocenters. The van der Waals surface area contributed by atoms with Crippen LogP contribution in [0.15, 0.2) is 62.9 Å². The van der Waals surface area contributed by atoms with Crippen LogP contribution in [0.3, 0.4) is 0 Å². The Kier molecular flexibility index (Phi) is 10.8. The van der Waals surface area contributed by atoms with E-state index in [4.69, 9.17) is 23.9 Å². The Labute approximate surface area is 265 Å². The molecule has 0 fully saturated rings. The van der Waals surface area contributed by atoms with Crippen LogP contribution < -0.4 is 19.8 Å². The molecule has 44 heavy (non-hydrogen) atoms. The number of halogens is 1. The second-order valence-electron chi connectivity index (χ2n) is 10.4. The Morgan fingerprint density at radius 3 is 2.36 bits per heavy atom. The zero-order valence-electron chi connectivity index (χ0n) is 26.1. The van der Waals surface area contributed by atoms with Gasteiger partial charge in [0.1, 0.15) is 5.75 Å². The molecule has 4 aromatic rings. The fourth-order valence-corrected chi connectivity index (χ4v) is 5.13. The van der Waals surface area contributed by atoms with Gasteiger partial charge in [-0.25, -0.2) is 9.78 Å². The molecule has 1 heterocycles. The third kappa shape index (κ3) is 7.13. The standard InChI is InChI=1S/C34H38BrN3O6/c1-8-41-29-15-21(6)26(17-25(29)20(4)5)32-37-28-14-12-11-13-24(28)33(39)38(32)36-19-23-16-30(42-9-2)31(18-27(23)35)44-22(7)34(40)43-10-3/h11-20,22H,8-10H2,1-7H3/t22-/m0/s1. The first-order valence-electron chi connectivity index (χ1n) is 14.7. The van der Waals surface area contributed by atoms with Crippen molar-refractivity contribution < 1.29 is 23.7 Å². The first-order chi connectivity index (χ1) is 21.1. The molecule has 0 aliphatic rings. The van der Waals surface area contributed by atoms with Crippen molar-refractivity contribution in [2.24, 2.45) is 5.10 Å². The van der Waals surface area contributed by atoms with Crippen molar-refractivity contribution in [2.45, 2.75) is 60.5 Å². The highest BCUT2D eigenvalue weighted by molar-refractivity contribution is 9.10. The van der Waals surface area contributed by atoms with E-state index in [1.54, 1.807) is 44.3 Å². The normalized spacial score (nSPS) is 12.1. The Morgan fingerprint density at radius 1 is 0.977 bits per heavy atom. The maximum atomic E-state index is 13.9. The topological polar surface area (TPSA) is 101 Å². The van der Waals surface area contributed by atoms with Crippen molar-refractivity contribution in [2.75, 3.05) is 19.8 Å². The van der Waals surface area contributed by atoms with Crippen molar-refractivity contribution in [3.63, 3.8) is 0 Å². The highest BCUT2D eigenvalue weighted by Crippen LogP contribution is 2.36. The number of para-hydroxylation sites is 1. The number of ether oxygens (including phenoxy) is 4. The minimum Gasteiger partial charge on any atom is -0.494 e. The van der Waals surface area contributed by atoms with Gasteiger partial charge in [-0.15, -0.1) is 0 Å². The van der Waals surface area contributed by atoms with Crippen LogP contribution in [0.2, 0.25) is 0 Å². The van der Waals surface area contributed by atoms with Gasteiger partial charge >= 0.3 is 5.97 Å². The predicted molar refractivity (Wildman–Crippen MR) is 176 cm³/mol. The van der Waals surface area contributed by atoms with Crippen molar-refractivity contribution in [3.8, 4) is 28.6 Å². The number of benzene rings is 3. The molecule has 0 bridgehead atoms. The van der Waals surface area contributed by atoms with Crippen LogP contribution in [0.1, 0.15) is 64.2 Å². The van der Waals surface area contributed by atoms with Crippen LogP contribution >= 0.6 is 15.9 Å². The van der Waals surface area contributed by atoms with E-state index in [0.29, 0.717) is 51.5 Å². The fourth-order valence-electron chi connectivity index (χ4n) is 4.70. The van der Waals surface area contributed by atoms with Gasteiger partial charge in [-0.2, -0.15) is 9.78 Å². The smallest absolute Gasteiger partial charge is 0.347 e. The lowest BCUT2D eigenvalue weighted by atomic mass is 9.96. The largest absolute Gasteiger partial charge is 0.494 e. The van der Waals surface area contributed by atoms with Gasteiger partial charge < -0.3 is 18.9 Å². The van der Waals surface area contributed by atoms with Gasteiger partial charge in [-0.3, -0.25) is 4.79 Å². The van der Waals surface area contributed by atoms with Gasteiger partial charge in [0.15, 0.2) is 23.4 Å². The second-order valence-corrected chi connectivity index (χ2v) is 11.2. The Hall–Kier alpha value is -4.18. The zero-order chi connectivity index (χ0) is 32.0. The summed E-state index contributed by atoms with van der Waals surface area (Å²) in [5.74, 6) is 1.72. The molecule has 0 saturated heterocycles. The van der Waals surface area contributed by atoms with E-state index >= 15 is 0 Å². The van der Waals surface area contributed by atoms with Crippen LogP contribution in [0.4, 0.5) is 0 Å². The third-order valence-corrected chi connectivity index (χ3v) is 7.56. The first-order valence-corrected chi connectivity index (χ1v) is 15.5. The number of fused-ring (bicyclic) bond motifs is 1. The number of esters is 1. The molecular weight excluding hydrogens is 626 g/mol. The fraction of sp³-hybridized carbons (Fsp3) is 0.353. The third-order valence-electron chi connectivity index (χ3n) is 6.87. The molecule has 0 spiro atoms. The highest BCUT2D eigenvalue weighted by Gasteiger charge is 2.21. The molecule has 10 heteroatoms. The quantitative estimate of drug-likeness (QED) is 0.116. The predicted octanol–water partition coefficient (Wildman–Crippen LogP) is 7.27. The maximum absolute atomic E-state index is 13.9. The lowest BCUT2D eigenvalue weighted by Crippen LogP contribution is -2.26. The van der Waals surface area contributed by atoms with Gasteiger partial charge in [-0.05, 0) is 104 Å². The minimum absolute atomic E-state index is 0.181. The van der Waals surface area contributed by atoms with Gasteiger partial charge in [0.25, 0.3) is 5.56 Å². The Balaban J connectivity index is 1.86. The molecule has 0 N–H and O–H groups in total. The highest BCUT2D eigenvalue weighted by atomic mass is 79.9. The number of hydrogen-bond donors (Lipinski definition) is 0. The summed E-state index contributed by atoms with van der Waals surface area (Å²) in [6.07, 6.45) is 0.734. The SMILES string of the molecule is CCOC(=O)[C@H](C)Oc1cc(Br)c(C=Nn2c(-c3cc(C(C)C)c(OCC)cc3C)nc3ccccc3c2=O)cc1OCC. The molecule has 0 aliphatic carbocycles. The molecule has 0 aliphatic heterocycles. The summed E-state index contributed by atoms with van der Waals surface area (Å²) >= 11 is 3.59. The summed E-state index contributed by atoms with van der Waals surface area (Å²) in [4.78, 5) is 31.0. The van der Waals surface area contributed by atoms with Crippen LogP contribution in [0.25, 0.3) is 22.3 Å². The van der Waals surface area contributed by atoms with Crippen LogP contribution in [0, 0.1) is 6.92 Å². The van der Waals surface area contributed by atoms with Crippen LogP contribution in [-0.4, -0.2) is 47.8 Å². The number of nitrogens with zero attached hydrogens (tertiary/aromatic N) is 3. The van der Waals surface area contributed by atoms with Crippen LogP contribution in [0.5, 0.6) is 17.2 Å². The van der Waals surface area contributed by atoms with E-state index in [1.807, 2.05) is 45.0 Å². The van der Waals surface area contributed by atoms with Crippen molar-refractivity contribution >= 4 is 39.0 Å². The van der Waals surface area contributed by atoms with E-state index in [-0.39, 0.29) is 18.1 Å². The summed E-state index contributed by atoms with van der Waals surface area (Å²) in [5, 5.41) is 5.12. The molecule has 1 aromatic heterocycles. The average molecular weight is 665 g/mol. The number of hydrogen-bond acceptors (Lipinski definition) is 8. The molecule has 0 unspecified atom stereocenters. The van der Waals surface area contributed by atoms with Gasteiger partial charge in [0.2, 0.25) is 0 Å². The summed E-state index contributed by atoms with van der Waals surface area (Å²) in [5.41, 5.74) is 3.61. The van der Waals surface area contributed by atoms with E-state index in [9.17, 15) is 9.59 Å². The minimum atomic E-state index is -0.835. The van der Waals surface area contributed by atoms with Crippen molar-refractivity contribution in [3.05, 3.63) is 80.0 Å². The molecule has 0 radical (unpaired) electrons. The van der Waals surface area contributed by atoms with E-state index in [1.165, 1.54) is 4.68 Å². The van der Waals surface area contributed by atoms with E-state index < -0.39 is 12.1 Å². The summed E-state index contributed by atoms with van der Waals surface area (Å²) < 4.78 is 24.7. The number of carbonyl (C=O) groups excluding carboxylic acids is 1. The van der Waals surface area contributed by atoms with Crippen LogP contribution in [-0.2, 0) is 9.53 Å². The lowest BCUT2D eigenvalue weighted by molar-refractivity contribution is -0.150. The number of rotatable bonds is 12. The molecule has 3 aromatic carbocycles. The van der Waals surface area contributed by atoms with E-state index in [0.717, 1.165) is 22.4 Å². The molecule has 0 saturated carbocycles. The zero-order valence-corrected chi connectivity index (χ0v) is 27.7. The molecule has 4 rings (SSSR count). The number of aromatic nitrogens is 2. The van der Waals surface area contributed by atoms with Crippen molar-refractivity contribution in [1.29, 1.82) is 0 Å². The Morgan fingerprint density at radius 2 is 1.68 bits per heavy atom. The monoisotopic (exact) mass is 663 g/mol. The number of carbonyl (C=O) groups is 1. The summed E-state index contributed by atoms with van der Waals surface area (Å²) in [6, 6.07) is 14.7. The molecular formula is C34H38BrN3O6. The van der Waals surface area contributed by atoms with Gasteiger partial charge in [0, 0.05) is 15.6 Å². The van der Waals surface area contributed by atoms with Gasteiger partial charge in [0.05, 0.1) is 36.9 Å². The van der Waals surface area contributed by atoms with Crippen molar-refractivity contribution in [1.82, 2.24) is 9.66 Å². The summed E-state index contributed by atoms with van der Waals surface area (Å²) in [6.45, 7) is 14.5.